The minimum atomic E-state index is -0.479. The second kappa shape index (κ2) is 10.1. The fourth-order valence-electron chi connectivity index (χ4n) is 3.26. The van der Waals surface area contributed by atoms with E-state index in [2.05, 4.69) is 24.3 Å². The first kappa shape index (κ1) is 22.5. The highest BCUT2D eigenvalue weighted by atomic mass is 16.5. The lowest BCUT2D eigenvalue weighted by Crippen LogP contribution is -2.32. The molecule has 1 amide bonds. The molecule has 2 aromatic rings. The van der Waals surface area contributed by atoms with Crippen molar-refractivity contribution in [3.63, 3.8) is 0 Å². The number of carbonyl (C=O) groups is 2. The van der Waals surface area contributed by atoms with Crippen LogP contribution in [0.5, 0.6) is 5.75 Å². The van der Waals surface area contributed by atoms with Crippen molar-refractivity contribution in [2.75, 3.05) is 14.2 Å². The summed E-state index contributed by atoms with van der Waals surface area (Å²) < 4.78 is 11.9. The van der Waals surface area contributed by atoms with Crippen molar-refractivity contribution in [3.05, 3.63) is 46.8 Å². The van der Waals surface area contributed by atoms with Gasteiger partial charge in [-0.05, 0) is 37.5 Å². The van der Waals surface area contributed by atoms with Crippen molar-refractivity contribution >= 4 is 11.9 Å². The molecular weight excluding hydrogens is 370 g/mol. The molecule has 0 saturated carbocycles. The minimum absolute atomic E-state index is 0.0547. The topological polar surface area (TPSA) is 82.5 Å². The molecule has 1 N–H and O–H groups in total. The van der Waals surface area contributed by atoms with Gasteiger partial charge in [0.1, 0.15) is 5.75 Å². The van der Waals surface area contributed by atoms with Gasteiger partial charge in [0.15, 0.2) is 0 Å². The molecule has 7 heteroatoms. The zero-order valence-electron chi connectivity index (χ0n) is 18.1. The molecule has 29 heavy (non-hydrogen) atoms. The van der Waals surface area contributed by atoms with E-state index in [9.17, 15) is 9.59 Å². The normalized spacial score (nSPS) is 12.0. The maximum atomic E-state index is 12.8. The average Bonchev–Trinajstić information content (AvgIpc) is 2.94. The lowest BCUT2D eigenvalue weighted by atomic mass is 10.0. The zero-order chi connectivity index (χ0) is 21.6. The Hall–Kier alpha value is -2.83. The van der Waals surface area contributed by atoms with Gasteiger partial charge in [0.05, 0.1) is 38.8 Å². The lowest BCUT2D eigenvalue weighted by Gasteiger charge is -2.19. The van der Waals surface area contributed by atoms with Crippen LogP contribution >= 0.6 is 0 Å². The summed E-state index contributed by atoms with van der Waals surface area (Å²) in [4.78, 5) is 24.7. The van der Waals surface area contributed by atoms with Crippen LogP contribution in [0.1, 0.15) is 48.8 Å². The van der Waals surface area contributed by atoms with Crippen LogP contribution in [-0.2, 0) is 27.3 Å². The predicted octanol–water partition coefficient (Wildman–Crippen LogP) is 3.13. The van der Waals surface area contributed by atoms with Crippen LogP contribution in [0.25, 0.3) is 0 Å². The van der Waals surface area contributed by atoms with E-state index in [1.807, 2.05) is 30.7 Å². The Bertz CT molecular complexity index is 840. The zero-order valence-corrected chi connectivity index (χ0v) is 18.1. The van der Waals surface area contributed by atoms with Gasteiger partial charge >= 0.3 is 5.97 Å². The highest BCUT2D eigenvalue weighted by Crippen LogP contribution is 2.22. The van der Waals surface area contributed by atoms with Crippen LogP contribution in [0.2, 0.25) is 0 Å². The van der Waals surface area contributed by atoms with Crippen LogP contribution in [0, 0.1) is 19.8 Å². The molecule has 0 aliphatic heterocycles. The van der Waals surface area contributed by atoms with Gasteiger partial charge < -0.3 is 14.8 Å². The summed E-state index contributed by atoms with van der Waals surface area (Å²) in [5.74, 6) is 0.628. The maximum Gasteiger partial charge on any atom is 0.307 e. The fourth-order valence-corrected chi connectivity index (χ4v) is 3.26. The molecule has 2 rings (SSSR count). The number of aryl methyl sites for hydroxylation is 1. The first-order valence-electron chi connectivity index (χ1n) is 9.78. The quantitative estimate of drug-likeness (QED) is 0.653. The molecular formula is C22H31N3O4. The van der Waals surface area contributed by atoms with Crippen LogP contribution in [0.4, 0.5) is 0 Å². The Kier molecular flexibility index (Phi) is 7.82. The monoisotopic (exact) mass is 401 g/mol. The number of nitrogens with zero attached hydrogens (tertiary/aromatic N) is 2. The van der Waals surface area contributed by atoms with E-state index in [1.165, 1.54) is 7.11 Å². The Morgan fingerprint density at radius 3 is 2.34 bits per heavy atom. The van der Waals surface area contributed by atoms with E-state index in [0.29, 0.717) is 11.7 Å². The first-order valence-corrected chi connectivity index (χ1v) is 9.78. The number of amides is 1. The molecule has 1 aromatic heterocycles. The molecule has 0 saturated heterocycles. The molecule has 0 bridgehead atoms. The number of ether oxygens (including phenoxy) is 2. The number of benzene rings is 1. The van der Waals surface area contributed by atoms with E-state index in [-0.39, 0.29) is 24.7 Å². The van der Waals surface area contributed by atoms with E-state index in [0.717, 1.165) is 29.1 Å². The number of rotatable bonds is 9. The molecule has 158 valence electrons. The SMILES string of the molecule is COC(=O)CC(NC(=O)Cc1c(C)nn(CC(C)C)c1C)c1ccc(OC)cc1. The molecule has 0 spiro atoms. The molecule has 0 radical (unpaired) electrons. The molecule has 1 unspecified atom stereocenters. The molecule has 1 atom stereocenters. The van der Waals surface area contributed by atoms with E-state index >= 15 is 0 Å². The molecule has 1 heterocycles. The van der Waals surface area contributed by atoms with Gasteiger partial charge in [-0.3, -0.25) is 14.3 Å². The van der Waals surface area contributed by atoms with Gasteiger partial charge in [-0.1, -0.05) is 26.0 Å². The molecule has 0 aliphatic carbocycles. The summed E-state index contributed by atoms with van der Waals surface area (Å²) in [5.41, 5.74) is 3.59. The largest absolute Gasteiger partial charge is 0.497 e. The van der Waals surface area contributed by atoms with Crippen molar-refractivity contribution < 1.29 is 19.1 Å². The van der Waals surface area contributed by atoms with E-state index < -0.39 is 6.04 Å². The molecule has 7 nitrogen and oxygen atoms in total. The summed E-state index contributed by atoms with van der Waals surface area (Å²) in [6, 6.07) is 6.80. The Morgan fingerprint density at radius 1 is 1.14 bits per heavy atom. The standard InChI is InChI=1S/C22H31N3O4/c1-14(2)13-25-16(4)19(15(3)24-25)11-21(26)23-20(12-22(27)29-6)17-7-9-18(28-5)10-8-17/h7-10,14,20H,11-13H2,1-6H3,(H,23,26). The van der Waals surface area contributed by atoms with Gasteiger partial charge in [0.2, 0.25) is 5.91 Å². The number of hydrogen-bond donors (Lipinski definition) is 1. The number of nitrogens with one attached hydrogen (secondary N) is 1. The molecule has 1 aromatic carbocycles. The van der Waals surface area contributed by atoms with E-state index in [4.69, 9.17) is 9.47 Å². The van der Waals surface area contributed by atoms with Crippen molar-refractivity contribution in [1.82, 2.24) is 15.1 Å². The van der Waals surface area contributed by atoms with Gasteiger partial charge in [-0.2, -0.15) is 5.10 Å². The van der Waals surface area contributed by atoms with Crippen LogP contribution < -0.4 is 10.1 Å². The van der Waals surface area contributed by atoms with Gasteiger partial charge in [0, 0.05) is 17.8 Å². The predicted molar refractivity (Wildman–Crippen MR) is 111 cm³/mol. The van der Waals surface area contributed by atoms with Crippen molar-refractivity contribution in [1.29, 1.82) is 0 Å². The highest BCUT2D eigenvalue weighted by Gasteiger charge is 2.21. The summed E-state index contributed by atoms with van der Waals surface area (Å²) >= 11 is 0. The van der Waals surface area contributed by atoms with Crippen molar-refractivity contribution in [2.45, 2.75) is 53.1 Å². The third kappa shape index (κ3) is 6.07. The van der Waals surface area contributed by atoms with E-state index in [1.54, 1.807) is 19.2 Å². The number of aromatic nitrogens is 2. The number of hydrogen-bond acceptors (Lipinski definition) is 5. The Labute approximate surface area is 172 Å². The van der Waals surface area contributed by atoms with Gasteiger partial charge in [-0.15, -0.1) is 0 Å². The third-order valence-corrected chi connectivity index (χ3v) is 4.86. The second-order valence-corrected chi connectivity index (χ2v) is 7.58. The highest BCUT2D eigenvalue weighted by molar-refractivity contribution is 5.80. The molecule has 0 fully saturated rings. The smallest absolute Gasteiger partial charge is 0.307 e. The van der Waals surface area contributed by atoms with Crippen molar-refractivity contribution in [3.8, 4) is 5.75 Å². The van der Waals surface area contributed by atoms with Crippen molar-refractivity contribution in [2.24, 2.45) is 5.92 Å². The number of carbonyl (C=O) groups excluding carboxylic acids is 2. The average molecular weight is 402 g/mol. The Morgan fingerprint density at radius 2 is 1.79 bits per heavy atom. The first-order chi connectivity index (χ1) is 13.7. The molecule has 0 aliphatic rings. The number of esters is 1. The Balaban J connectivity index is 2.17. The van der Waals surface area contributed by atoms with Gasteiger partial charge in [0.25, 0.3) is 0 Å². The summed E-state index contributed by atoms with van der Waals surface area (Å²) in [5, 5.41) is 7.54. The minimum Gasteiger partial charge on any atom is -0.497 e. The summed E-state index contributed by atoms with van der Waals surface area (Å²) in [7, 11) is 2.93. The second-order valence-electron chi connectivity index (χ2n) is 7.58. The van der Waals surface area contributed by atoms with Gasteiger partial charge in [-0.25, -0.2) is 0 Å². The third-order valence-electron chi connectivity index (χ3n) is 4.86. The summed E-state index contributed by atoms with van der Waals surface area (Å²) in [6.45, 7) is 8.98. The maximum absolute atomic E-state index is 12.8. The van der Waals surface area contributed by atoms with Crippen LogP contribution in [0.3, 0.4) is 0 Å². The van der Waals surface area contributed by atoms with Crippen LogP contribution in [0.15, 0.2) is 24.3 Å². The fraction of sp³-hybridized carbons (Fsp3) is 0.500. The summed E-state index contributed by atoms with van der Waals surface area (Å²) in [6.07, 6.45) is 0.267. The lowest BCUT2D eigenvalue weighted by molar-refractivity contribution is -0.141. The van der Waals surface area contributed by atoms with Crippen LogP contribution in [-0.4, -0.2) is 35.9 Å². The number of methoxy groups -OCH3 is 2.